The number of carbonyl (C=O) groups is 3. The molecule has 200 valence electrons. The average Bonchev–Trinajstić information content (AvgIpc) is 3.60. The summed E-state index contributed by atoms with van der Waals surface area (Å²) in [6.07, 6.45) is 1.83. The fraction of sp³-hybridized carbons (Fsp3) is 0.414. The van der Waals surface area contributed by atoms with E-state index in [2.05, 4.69) is 5.32 Å². The third-order valence-electron chi connectivity index (χ3n) is 7.08. The van der Waals surface area contributed by atoms with Crippen LogP contribution in [0.1, 0.15) is 62.3 Å². The molecule has 3 aliphatic rings. The zero-order chi connectivity index (χ0) is 26.8. The lowest BCUT2D eigenvalue weighted by atomic mass is 9.68. The van der Waals surface area contributed by atoms with E-state index in [1.165, 1.54) is 11.3 Å². The number of Topliss-reactive ketones (excluding diaryl/α,β-unsaturated/α-hetero) is 1. The zero-order valence-corrected chi connectivity index (χ0v) is 22.5. The number of thiophene rings is 1. The van der Waals surface area contributed by atoms with Crippen LogP contribution in [0.5, 0.6) is 11.5 Å². The summed E-state index contributed by atoms with van der Waals surface area (Å²) in [6, 6.07) is 9.30. The summed E-state index contributed by atoms with van der Waals surface area (Å²) < 4.78 is 22.0. The first-order valence-corrected chi connectivity index (χ1v) is 13.9. The van der Waals surface area contributed by atoms with Crippen LogP contribution < -0.4 is 14.8 Å². The second-order valence-electron chi connectivity index (χ2n) is 9.35. The first-order chi connectivity index (χ1) is 18.5. The number of rotatable bonds is 8. The maximum absolute atomic E-state index is 14.4. The van der Waals surface area contributed by atoms with Gasteiger partial charge >= 0.3 is 11.9 Å². The summed E-state index contributed by atoms with van der Waals surface area (Å²) >= 11 is 1.52. The van der Waals surface area contributed by atoms with Crippen molar-refractivity contribution in [3.8, 4) is 11.5 Å². The first-order valence-electron chi connectivity index (χ1n) is 13.0. The highest BCUT2D eigenvalue weighted by atomic mass is 32.1. The molecular formula is C29H31NO7S. The van der Waals surface area contributed by atoms with Crippen LogP contribution in [0.3, 0.4) is 0 Å². The number of allylic oxidation sites excluding steroid dienone is 3. The number of hydrogen-bond acceptors (Lipinski definition) is 9. The average molecular weight is 538 g/mol. The minimum atomic E-state index is -1.01. The number of hydrogen-bond donors (Lipinski definition) is 1. The van der Waals surface area contributed by atoms with Crippen molar-refractivity contribution in [2.24, 2.45) is 5.92 Å². The van der Waals surface area contributed by atoms with Gasteiger partial charge in [0, 0.05) is 33.7 Å². The molecule has 0 saturated carbocycles. The Bertz CT molecular complexity index is 1310. The Hall–Kier alpha value is -3.59. The lowest BCUT2D eigenvalue weighted by Crippen LogP contribution is -2.43. The van der Waals surface area contributed by atoms with Crippen molar-refractivity contribution in [2.75, 3.05) is 20.0 Å². The normalized spacial score (nSPS) is 22.2. The van der Waals surface area contributed by atoms with E-state index in [0.29, 0.717) is 41.1 Å². The highest BCUT2D eigenvalue weighted by Crippen LogP contribution is 2.50. The van der Waals surface area contributed by atoms with Crippen molar-refractivity contribution in [2.45, 2.75) is 51.9 Å². The van der Waals surface area contributed by atoms with Crippen LogP contribution in [0.4, 0.5) is 0 Å². The molecule has 38 heavy (non-hydrogen) atoms. The Labute approximate surface area is 225 Å². The molecule has 0 amide bonds. The summed E-state index contributed by atoms with van der Waals surface area (Å²) in [6.45, 7) is 5.99. The molecule has 2 aliphatic heterocycles. The van der Waals surface area contributed by atoms with E-state index in [-0.39, 0.29) is 31.7 Å². The minimum absolute atomic E-state index is 0.104. The largest absolute Gasteiger partial charge is 0.465 e. The van der Waals surface area contributed by atoms with Crippen LogP contribution in [-0.4, -0.2) is 37.7 Å². The molecule has 3 heterocycles. The van der Waals surface area contributed by atoms with E-state index in [1.807, 2.05) is 36.6 Å². The van der Waals surface area contributed by atoms with Crippen molar-refractivity contribution in [3.63, 3.8) is 0 Å². The number of esters is 2. The van der Waals surface area contributed by atoms with Crippen LogP contribution in [0.25, 0.3) is 0 Å². The maximum atomic E-state index is 14.4. The van der Waals surface area contributed by atoms with Crippen LogP contribution in [0.15, 0.2) is 58.3 Å². The molecule has 2 aromatic rings. The summed E-state index contributed by atoms with van der Waals surface area (Å²) in [5.74, 6) is -2.33. The molecule has 5 rings (SSSR count). The van der Waals surface area contributed by atoms with Gasteiger partial charge in [-0.15, -0.1) is 11.3 Å². The van der Waals surface area contributed by atoms with Gasteiger partial charge in [-0.05, 0) is 55.8 Å². The van der Waals surface area contributed by atoms with Crippen molar-refractivity contribution in [1.29, 1.82) is 0 Å². The SMILES string of the molecule is CCCC1=C(C(=O)OCC)[C@H](c2ccc3c(c2)OCO3)C2=C(C[C@H](c3cccs3)[C@@H](C(=O)OCC)C2=O)N1. The van der Waals surface area contributed by atoms with Gasteiger partial charge in [0.15, 0.2) is 17.3 Å². The summed E-state index contributed by atoms with van der Waals surface area (Å²) in [5, 5.41) is 5.39. The fourth-order valence-electron chi connectivity index (χ4n) is 5.54. The molecule has 0 bridgehead atoms. The Balaban J connectivity index is 1.70. The molecule has 1 N–H and O–H groups in total. The van der Waals surface area contributed by atoms with Crippen LogP contribution in [0.2, 0.25) is 0 Å². The fourth-order valence-corrected chi connectivity index (χ4v) is 6.41. The second kappa shape index (κ2) is 11.0. The van der Waals surface area contributed by atoms with Gasteiger partial charge in [0.05, 0.1) is 18.8 Å². The van der Waals surface area contributed by atoms with Crippen LogP contribution >= 0.6 is 11.3 Å². The molecule has 1 aromatic heterocycles. The Morgan fingerprint density at radius 3 is 2.58 bits per heavy atom. The molecule has 0 saturated heterocycles. The monoisotopic (exact) mass is 537 g/mol. The summed E-state index contributed by atoms with van der Waals surface area (Å²) in [5.41, 5.74) is 2.95. The Morgan fingerprint density at radius 1 is 1.08 bits per heavy atom. The van der Waals surface area contributed by atoms with Gasteiger partial charge in [-0.25, -0.2) is 4.79 Å². The third kappa shape index (κ3) is 4.60. The van der Waals surface area contributed by atoms with Crippen molar-refractivity contribution < 1.29 is 33.3 Å². The molecule has 3 atom stereocenters. The molecule has 9 heteroatoms. The molecule has 0 fully saturated rings. The van der Waals surface area contributed by atoms with Crippen molar-refractivity contribution in [3.05, 3.63) is 68.7 Å². The zero-order valence-electron chi connectivity index (χ0n) is 21.7. The van der Waals surface area contributed by atoms with Crippen molar-refractivity contribution >= 4 is 29.1 Å². The number of ketones is 1. The lowest BCUT2D eigenvalue weighted by Gasteiger charge is -2.39. The van der Waals surface area contributed by atoms with Gasteiger partial charge in [-0.3, -0.25) is 9.59 Å². The molecule has 0 spiro atoms. The van der Waals surface area contributed by atoms with E-state index in [0.717, 1.165) is 22.7 Å². The smallest absolute Gasteiger partial charge is 0.336 e. The number of ether oxygens (including phenoxy) is 4. The van der Waals surface area contributed by atoms with Crippen LogP contribution in [0, 0.1) is 5.92 Å². The highest BCUT2D eigenvalue weighted by Gasteiger charge is 2.49. The topological polar surface area (TPSA) is 100 Å². The van der Waals surface area contributed by atoms with Gasteiger partial charge in [0.25, 0.3) is 0 Å². The van der Waals surface area contributed by atoms with E-state index in [1.54, 1.807) is 19.9 Å². The molecule has 0 unspecified atom stereocenters. The van der Waals surface area contributed by atoms with Gasteiger partial charge < -0.3 is 24.3 Å². The molecular weight excluding hydrogens is 506 g/mol. The van der Waals surface area contributed by atoms with Gasteiger partial charge in [0.2, 0.25) is 6.79 Å². The predicted molar refractivity (Wildman–Crippen MR) is 141 cm³/mol. The van der Waals surface area contributed by atoms with Gasteiger partial charge in [-0.2, -0.15) is 0 Å². The number of benzene rings is 1. The van der Waals surface area contributed by atoms with Crippen LogP contribution in [-0.2, 0) is 23.9 Å². The second-order valence-corrected chi connectivity index (χ2v) is 10.3. The Kier molecular flexibility index (Phi) is 7.56. The maximum Gasteiger partial charge on any atom is 0.336 e. The predicted octanol–water partition coefficient (Wildman–Crippen LogP) is 4.97. The van der Waals surface area contributed by atoms with Gasteiger partial charge in [0.1, 0.15) is 5.92 Å². The molecule has 8 nitrogen and oxygen atoms in total. The number of fused-ring (bicyclic) bond motifs is 1. The Morgan fingerprint density at radius 2 is 1.87 bits per heavy atom. The highest BCUT2D eigenvalue weighted by molar-refractivity contribution is 7.10. The first kappa shape index (κ1) is 26.0. The van der Waals surface area contributed by atoms with Crippen molar-refractivity contribution in [1.82, 2.24) is 5.32 Å². The number of carbonyl (C=O) groups excluding carboxylic acids is 3. The molecule has 0 radical (unpaired) electrons. The van der Waals surface area contributed by atoms with E-state index < -0.39 is 23.8 Å². The van der Waals surface area contributed by atoms with Gasteiger partial charge in [-0.1, -0.05) is 25.5 Å². The van der Waals surface area contributed by atoms with E-state index >= 15 is 0 Å². The van der Waals surface area contributed by atoms with E-state index in [4.69, 9.17) is 18.9 Å². The molecule has 1 aromatic carbocycles. The number of nitrogens with one attached hydrogen (secondary N) is 1. The molecule has 1 aliphatic carbocycles. The third-order valence-corrected chi connectivity index (χ3v) is 8.08. The standard InChI is InChI=1S/C29H31NO7S/c1-4-8-18-26(29(33)35-6-3)23(16-10-11-20-21(13-16)37-15-36-20)25-19(30-18)14-17(22-9-7-12-38-22)24(27(25)31)28(32)34-5-2/h7,9-13,17,23-24,30H,4-6,8,14-15H2,1-3H3/t17-,23-,24-/m1/s1. The van der Waals surface area contributed by atoms with E-state index in [9.17, 15) is 14.4 Å². The minimum Gasteiger partial charge on any atom is -0.465 e. The summed E-state index contributed by atoms with van der Waals surface area (Å²) in [4.78, 5) is 42.0. The quantitative estimate of drug-likeness (QED) is 0.372. The lowest BCUT2D eigenvalue weighted by molar-refractivity contribution is -0.152. The summed E-state index contributed by atoms with van der Waals surface area (Å²) in [7, 11) is 0. The number of dihydropyridines is 1.